The fourth-order valence-corrected chi connectivity index (χ4v) is 2.32. The van der Waals surface area contributed by atoms with E-state index in [9.17, 15) is 0 Å². The summed E-state index contributed by atoms with van der Waals surface area (Å²) in [6.07, 6.45) is 5.72. The summed E-state index contributed by atoms with van der Waals surface area (Å²) in [6, 6.07) is 0. The molecule has 0 aliphatic heterocycles. The van der Waals surface area contributed by atoms with Crippen molar-refractivity contribution in [2.75, 3.05) is 6.61 Å². The smallest absolute Gasteiger partial charge is 0.0447 e. The highest BCUT2D eigenvalue weighted by Crippen LogP contribution is 2.40. The number of alkyl halides is 1. The highest BCUT2D eigenvalue weighted by molar-refractivity contribution is 6.23. The van der Waals surface area contributed by atoms with Crippen LogP contribution in [0.15, 0.2) is 0 Å². The van der Waals surface area contributed by atoms with Crippen molar-refractivity contribution in [2.24, 2.45) is 5.92 Å². The van der Waals surface area contributed by atoms with Crippen molar-refractivity contribution in [2.45, 2.75) is 43.9 Å². The molecule has 1 rings (SSSR count). The first-order chi connectivity index (χ1) is 5.17. The van der Waals surface area contributed by atoms with Gasteiger partial charge in [-0.15, -0.1) is 11.6 Å². The maximum Gasteiger partial charge on any atom is 0.0447 e. The van der Waals surface area contributed by atoms with Gasteiger partial charge in [0.05, 0.1) is 0 Å². The molecule has 0 saturated heterocycles. The lowest BCUT2D eigenvalue weighted by molar-refractivity contribution is 0.200. The Kier molecular flexibility index (Phi) is 3.20. The first kappa shape index (κ1) is 9.34. The van der Waals surface area contributed by atoms with Gasteiger partial charge in [0.2, 0.25) is 0 Å². The zero-order chi connectivity index (χ0) is 8.32. The van der Waals surface area contributed by atoms with Gasteiger partial charge < -0.3 is 5.11 Å². The van der Waals surface area contributed by atoms with Crippen molar-refractivity contribution in [1.29, 1.82) is 0 Å². The SMILES string of the molecule is C[C@@]1(Cl)CCCC[C@@H]1CCO. The Labute approximate surface area is 73.8 Å². The van der Waals surface area contributed by atoms with Crippen molar-refractivity contribution in [3.63, 3.8) is 0 Å². The summed E-state index contributed by atoms with van der Waals surface area (Å²) in [4.78, 5) is -0.0407. The van der Waals surface area contributed by atoms with E-state index in [1.165, 1.54) is 19.3 Å². The number of hydrogen-bond acceptors (Lipinski definition) is 1. The van der Waals surface area contributed by atoms with E-state index in [0.717, 1.165) is 12.8 Å². The van der Waals surface area contributed by atoms with Crippen LogP contribution in [0.25, 0.3) is 0 Å². The van der Waals surface area contributed by atoms with Gasteiger partial charge in [-0.3, -0.25) is 0 Å². The highest BCUT2D eigenvalue weighted by Gasteiger charge is 2.33. The average Bonchev–Trinajstić information content (AvgIpc) is 1.94. The number of rotatable bonds is 2. The third-order valence-corrected chi connectivity index (χ3v) is 3.29. The second kappa shape index (κ2) is 3.77. The Bertz CT molecular complexity index is 121. The first-order valence-corrected chi connectivity index (χ1v) is 4.84. The minimum absolute atomic E-state index is 0.0407. The predicted octanol–water partition coefficient (Wildman–Crippen LogP) is 2.56. The van der Waals surface area contributed by atoms with E-state index in [1.54, 1.807) is 0 Å². The van der Waals surface area contributed by atoms with Crippen LogP contribution in [0.3, 0.4) is 0 Å². The second-order valence-electron chi connectivity index (χ2n) is 3.73. The van der Waals surface area contributed by atoms with E-state index in [4.69, 9.17) is 16.7 Å². The van der Waals surface area contributed by atoms with Crippen molar-refractivity contribution in [3.05, 3.63) is 0 Å². The van der Waals surface area contributed by atoms with Crippen molar-refractivity contribution in [3.8, 4) is 0 Å². The third kappa shape index (κ3) is 2.34. The fourth-order valence-electron chi connectivity index (χ4n) is 1.97. The number of hydrogen-bond donors (Lipinski definition) is 1. The maximum atomic E-state index is 8.79. The van der Waals surface area contributed by atoms with Crippen LogP contribution in [0.1, 0.15) is 39.0 Å². The van der Waals surface area contributed by atoms with Crippen LogP contribution in [0.5, 0.6) is 0 Å². The first-order valence-electron chi connectivity index (χ1n) is 4.46. The Hall–Kier alpha value is 0.250. The number of halogens is 1. The molecule has 1 saturated carbocycles. The summed E-state index contributed by atoms with van der Waals surface area (Å²) in [5.74, 6) is 0.530. The molecule has 0 radical (unpaired) electrons. The van der Waals surface area contributed by atoms with Crippen molar-refractivity contribution >= 4 is 11.6 Å². The normalized spacial score (nSPS) is 39.0. The zero-order valence-corrected chi connectivity index (χ0v) is 7.90. The van der Waals surface area contributed by atoms with Crippen LogP contribution in [-0.2, 0) is 0 Å². The van der Waals surface area contributed by atoms with Gasteiger partial charge >= 0.3 is 0 Å². The molecule has 0 aromatic rings. The molecule has 11 heavy (non-hydrogen) atoms. The molecule has 0 aromatic carbocycles. The summed E-state index contributed by atoms with van der Waals surface area (Å²) >= 11 is 6.31. The van der Waals surface area contributed by atoms with Crippen molar-refractivity contribution < 1.29 is 5.11 Å². The molecular weight excluding hydrogens is 160 g/mol. The molecule has 0 amide bonds. The molecule has 66 valence electrons. The van der Waals surface area contributed by atoms with Gasteiger partial charge in [-0.2, -0.15) is 0 Å². The lowest BCUT2D eigenvalue weighted by Crippen LogP contribution is -2.32. The Morgan fingerprint density at radius 2 is 2.27 bits per heavy atom. The summed E-state index contributed by atoms with van der Waals surface area (Å²) in [5.41, 5.74) is 0. The highest BCUT2D eigenvalue weighted by atomic mass is 35.5. The summed E-state index contributed by atoms with van der Waals surface area (Å²) in [7, 11) is 0. The van der Waals surface area contributed by atoms with E-state index in [2.05, 4.69) is 6.92 Å². The molecule has 0 bridgehead atoms. The molecule has 1 N–H and O–H groups in total. The molecule has 0 aromatic heterocycles. The monoisotopic (exact) mass is 176 g/mol. The van der Waals surface area contributed by atoms with E-state index < -0.39 is 0 Å². The maximum absolute atomic E-state index is 8.79. The standard InChI is InChI=1S/C9H17ClO/c1-9(10)6-3-2-4-8(9)5-7-11/h8,11H,2-7H2,1H3/t8-,9-/m1/s1. The van der Waals surface area contributed by atoms with Crippen LogP contribution in [-0.4, -0.2) is 16.6 Å². The molecule has 1 nitrogen and oxygen atoms in total. The van der Waals surface area contributed by atoms with Crippen LogP contribution in [0, 0.1) is 5.92 Å². The summed E-state index contributed by atoms with van der Waals surface area (Å²) in [5, 5.41) is 8.79. The minimum Gasteiger partial charge on any atom is -0.396 e. The van der Waals surface area contributed by atoms with Gasteiger partial charge in [-0.25, -0.2) is 0 Å². The fraction of sp³-hybridized carbons (Fsp3) is 1.00. The van der Waals surface area contributed by atoms with Gasteiger partial charge in [0.25, 0.3) is 0 Å². The van der Waals surface area contributed by atoms with Crippen LogP contribution >= 0.6 is 11.6 Å². The summed E-state index contributed by atoms with van der Waals surface area (Å²) in [6.45, 7) is 2.39. The van der Waals surface area contributed by atoms with Crippen LogP contribution < -0.4 is 0 Å². The average molecular weight is 177 g/mol. The molecule has 2 atom stereocenters. The van der Waals surface area contributed by atoms with E-state index in [-0.39, 0.29) is 11.5 Å². The molecule has 1 fully saturated rings. The topological polar surface area (TPSA) is 20.2 Å². The molecule has 1 aliphatic carbocycles. The number of aliphatic hydroxyl groups excluding tert-OH is 1. The zero-order valence-electron chi connectivity index (χ0n) is 7.15. The lowest BCUT2D eigenvalue weighted by Gasteiger charge is -2.36. The van der Waals surface area contributed by atoms with Gasteiger partial charge in [-0.05, 0) is 32.1 Å². The second-order valence-corrected chi connectivity index (χ2v) is 4.60. The van der Waals surface area contributed by atoms with Gasteiger partial charge in [0.15, 0.2) is 0 Å². The van der Waals surface area contributed by atoms with Crippen LogP contribution in [0.4, 0.5) is 0 Å². The third-order valence-electron chi connectivity index (χ3n) is 2.80. The van der Waals surface area contributed by atoms with E-state index >= 15 is 0 Å². The predicted molar refractivity (Wildman–Crippen MR) is 47.9 cm³/mol. The minimum atomic E-state index is -0.0407. The van der Waals surface area contributed by atoms with E-state index in [1.807, 2.05) is 0 Å². The molecule has 0 heterocycles. The molecular formula is C9H17ClO. The quantitative estimate of drug-likeness (QED) is 0.642. The van der Waals surface area contributed by atoms with Crippen LogP contribution in [0.2, 0.25) is 0 Å². The molecule has 1 aliphatic rings. The lowest BCUT2D eigenvalue weighted by atomic mass is 9.78. The molecule has 0 spiro atoms. The Balaban J connectivity index is 2.45. The molecule has 0 unspecified atom stereocenters. The molecule has 2 heteroatoms. The van der Waals surface area contributed by atoms with Gasteiger partial charge in [0, 0.05) is 11.5 Å². The number of aliphatic hydroxyl groups is 1. The summed E-state index contributed by atoms with van der Waals surface area (Å²) < 4.78 is 0. The largest absolute Gasteiger partial charge is 0.396 e. The van der Waals surface area contributed by atoms with Gasteiger partial charge in [-0.1, -0.05) is 12.8 Å². The van der Waals surface area contributed by atoms with Crippen molar-refractivity contribution in [1.82, 2.24) is 0 Å². The van der Waals surface area contributed by atoms with Gasteiger partial charge in [0.1, 0.15) is 0 Å². The van der Waals surface area contributed by atoms with E-state index in [0.29, 0.717) is 5.92 Å². The Morgan fingerprint density at radius 1 is 1.55 bits per heavy atom. The Morgan fingerprint density at radius 3 is 2.82 bits per heavy atom.